The summed E-state index contributed by atoms with van der Waals surface area (Å²) < 4.78 is 46.9. The van der Waals surface area contributed by atoms with Gasteiger partial charge in [-0.2, -0.15) is 0 Å². The molecular formula is C35H45ClN2O6S. The van der Waals surface area contributed by atoms with Crippen LogP contribution in [0.5, 0.6) is 5.75 Å². The fourth-order valence-corrected chi connectivity index (χ4v) is 9.27. The Morgan fingerprint density at radius 1 is 1.11 bits per heavy atom. The van der Waals surface area contributed by atoms with E-state index < -0.39 is 15.9 Å². The maximum atomic E-state index is 13.4. The third-order valence-corrected chi connectivity index (χ3v) is 12.2. The summed E-state index contributed by atoms with van der Waals surface area (Å²) in [5.41, 5.74) is 3.42. The van der Waals surface area contributed by atoms with Crippen molar-refractivity contribution in [2.45, 2.75) is 57.5 Å². The number of allylic oxidation sites excluding steroid dienone is 1. The molecule has 8 nitrogen and oxygen atoms in total. The highest BCUT2D eigenvalue weighted by Crippen LogP contribution is 2.47. The predicted octanol–water partition coefficient (Wildman–Crippen LogP) is 5.77. The van der Waals surface area contributed by atoms with E-state index in [4.69, 9.17) is 25.8 Å². The molecule has 0 aromatic heterocycles. The number of nitrogens with zero attached hydrogens (tertiary/aromatic N) is 1. The summed E-state index contributed by atoms with van der Waals surface area (Å²) in [6.45, 7) is 6.94. The van der Waals surface area contributed by atoms with Gasteiger partial charge in [-0.15, -0.1) is 0 Å². The van der Waals surface area contributed by atoms with Crippen molar-refractivity contribution in [2.24, 2.45) is 23.7 Å². The molecule has 2 aliphatic heterocycles. The van der Waals surface area contributed by atoms with Gasteiger partial charge in [0.1, 0.15) is 5.75 Å². The molecule has 244 valence electrons. The number of anilines is 1. The molecule has 45 heavy (non-hydrogen) atoms. The van der Waals surface area contributed by atoms with Gasteiger partial charge in [-0.1, -0.05) is 43.7 Å². The molecule has 2 aliphatic carbocycles. The molecule has 1 spiro atoms. The lowest BCUT2D eigenvalue weighted by atomic mass is 9.68. The van der Waals surface area contributed by atoms with Crippen LogP contribution in [0.2, 0.25) is 5.02 Å². The maximum Gasteiger partial charge on any atom is 0.264 e. The number of carbonyl (C=O) groups is 1. The van der Waals surface area contributed by atoms with Gasteiger partial charge in [-0.05, 0) is 97.2 Å². The molecule has 1 N–H and O–H groups in total. The standard InChI is InChI=1S/C35H45ClN2O6S/c1-23-6-12-32(43-16-15-42-3)29-10-7-27(29)19-38-21-35(14-4-5-25-17-28(36)9-11-30(25)35)22-44-33-13-8-26(18-31(33)38)34(39)37-45(40,41)20-24(23)2/h6,8-9,11-13,17-18,23-24,27,29,32H,4-5,7,10,14-16,19-22H2,1-3H3,(H,37,39)/b12-6-/t23-,24+,27+,29-,32+,35+/m1/s1. The number of sulfonamides is 1. The number of hydrogen-bond acceptors (Lipinski definition) is 7. The Balaban J connectivity index is 1.41. The number of methoxy groups -OCH3 is 1. The normalized spacial score (nSPS) is 31.9. The summed E-state index contributed by atoms with van der Waals surface area (Å²) >= 11 is 6.43. The molecule has 1 fully saturated rings. The molecule has 0 saturated heterocycles. The van der Waals surface area contributed by atoms with Crippen molar-refractivity contribution < 1.29 is 27.4 Å². The van der Waals surface area contributed by atoms with E-state index in [0.29, 0.717) is 43.0 Å². The average molecular weight is 657 g/mol. The van der Waals surface area contributed by atoms with Gasteiger partial charge < -0.3 is 19.1 Å². The predicted molar refractivity (Wildman–Crippen MR) is 177 cm³/mol. The topological polar surface area (TPSA) is 94.2 Å². The minimum absolute atomic E-state index is 0.0231. The summed E-state index contributed by atoms with van der Waals surface area (Å²) in [5, 5.41) is 0.743. The third-order valence-electron chi connectivity index (χ3n) is 10.5. The first kappa shape index (κ1) is 32.4. The first-order chi connectivity index (χ1) is 21.6. The van der Waals surface area contributed by atoms with E-state index in [1.165, 1.54) is 11.1 Å². The van der Waals surface area contributed by atoms with Crippen LogP contribution in [0.3, 0.4) is 0 Å². The number of benzene rings is 2. The number of hydrogen-bond donors (Lipinski definition) is 1. The van der Waals surface area contributed by atoms with Gasteiger partial charge in [0.2, 0.25) is 10.0 Å². The number of aryl methyl sites for hydroxylation is 1. The zero-order valence-corrected chi connectivity index (χ0v) is 28.0. The quantitative estimate of drug-likeness (QED) is 0.330. The van der Waals surface area contributed by atoms with Crippen molar-refractivity contribution >= 4 is 33.2 Å². The minimum atomic E-state index is -3.87. The molecule has 0 unspecified atom stereocenters. The van der Waals surface area contributed by atoms with Gasteiger partial charge in [0.25, 0.3) is 5.91 Å². The van der Waals surface area contributed by atoms with Crippen LogP contribution in [-0.2, 0) is 31.3 Å². The molecule has 10 heteroatoms. The van der Waals surface area contributed by atoms with Crippen LogP contribution in [0.25, 0.3) is 0 Å². The molecule has 1 saturated carbocycles. The van der Waals surface area contributed by atoms with Crippen molar-refractivity contribution in [3.05, 3.63) is 70.3 Å². The van der Waals surface area contributed by atoms with Crippen LogP contribution in [0.15, 0.2) is 48.6 Å². The van der Waals surface area contributed by atoms with Crippen LogP contribution in [0, 0.1) is 23.7 Å². The number of nitrogens with one attached hydrogen (secondary N) is 1. The van der Waals surface area contributed by atoms with Crippen molar-refractivity contribution in [3.63, 3.8) is 0 Å². The fraction of sp³-hybridized carbons (Fsp3) is 0.571. The fourth-order valence-electron chi connectivity index (χ4n) is 7.60. The Morgan fingerprint density at radius 3 is 2.73 bits per heavy atom. The number of ether oxygens (including phenoxy) is 3. The lowest BCUT2D eigenvalue weighted by molar-refractivity contribution is -0.0311. The van der Waals surface area contributed by atoms with Gasteiger partial charge in [-0.3, -0.25) is 4.79 Å². The molecule has 2 aromatic carbocycles. The molecule has 1 amide bonds. The van der Waals surface area contributed by atoms with Gasteiger partial charge in [-0.25, -0.2) is 13.1 Å². The number of amides is 1. The molecule has 2 aromatic rings. The van der Waals surface area contributed by atoms with Crippen molar-refractivity contribution in [3.8, 4) is 5.75 Å². The average Bonchev–Trinajstić information content (AvgIpc) is 3.13. The number of carbonyl (C=O) groups excluding carboxylic acids is 1. The highest BCUT2D eigenvalue weighted by atomic mass is 35.5. The number of rotatable bonds is 4. The molecule has 4 aliphatic rings. The molecule has 0 radical (unpaired) electrons. The Hall–Kier alpha value is -2.59. The second-order valence-electron chi connectivity index (χ2n) is 13.6. The second kappa shape index (κ2) is 13.3. The first-order valence-corrected chi connectivity index (χ1v) is 18.2. The van der Waals surface area contributed by atoms with Gasteiger partial charge >= 0.3 is 0 Å². The number of halogens is 1. The second-order valence-corrected chi connectivity index (χ2v) is 15.8. The van der Waals surface area contributed by atoms with E-state index in [1.54, 1.807) is 13.2 Å². The number of fused-ring (bicyclic) bond motifs is 4. The highest BCUT2D eigenvalue weighted by molar-refractivity contribution is 7.90. The summed E-state index contributed by atoms with van der Waals surface area (Å²) in [5.74, 6) is 0.394. The van der Waals surface area contributed by atoms with E-state index in [1.807, 2.05) is 32.0 Å². The zero-order chi connectivity index (χ0) is 31.8. The van der Waals surface area contributed by atoms with Gasteiger partial charge in [0, 0.05) is 36.2 Å². The molecule has 6 rings (SSSR count). The van der Waals surface area contributed by atoms with Crippen molar-refractivity contribution in [1.82, 2.24) is 4.72 Å². The third kappa shape index (κ3) is 6.92. The SMILES string of the molecule is COCCO[C@H]1/C=C\[C@@H](C)[C@@H](C)CS(=O)(=O)NC(=O)c2ccc3c(c2)N(C[C@@H]2CC[C@H]21)C[C@@]1(CCCc2cc(Cl)ccc21)CO3. The summed E-state index contributed by atoms with van der Waals surface area (Å²) in [6, 6.07) is 11.5. The highest BCUT2D eigenvalue weighted by Gasteiger charge is 2.44. The lowest BCUT2D eigenvalue weighted by Gasteiger charge is -2.46. The first-order valence-electron chi connectivity index (χ1n) is 16.2. The maximum absolute atomic E-state index is 13.4. The van der Waals surface area contributed by atoms with E-state index in [-0.39, 0.29) is 29.1 Å². The van der Waals surface area contributed by atoms with E-state index in [0.717, 1.165) is 55.9 Å². The van der Waals surface area contributed by atoms with Crippen LogP contribution < -0.4 is 14.4 Å². The molecule has 6 atom stereocenters. The van der Waals surface area contributed by atoms with Crippen LogP contribution >= 0.6 is 11.6 Å². The van der Waals surface area contributed by atoms with E-state index in [9.17, 15) is 13.2 Å². The minimum Gasteiger partial charge on any atom is -0.490 e. The van der Waals surface area contributed by atoms with E-state index >= 15 is 0 Å². The van der Waals surface area contributed by atoms with Gasteiger partial charge in [0.05, 0.1) is 37.4 Å². The molecule has 2 heterocycles. The summed E-state index contributed by atoms with van der Waals surface area (Å²) in [6.07, 6.45) is 9.25. The van der Waals surface area contributed by atoms with Crippen molar-refractivity contribution in [1.29, 1.82) is 0 Å². The Morgan fingerprint density at radius 2 is 1.96 bits per heavy atom. The Labute approximate surface area is 272 Å². The Bertz CT molecular complexity index is 1550. The van der Waals surface area contributed by atoms with Crippen LogP contribution in [-0.4, -0.2) is 66.2 Å². The van der Waals surface area contributed by atoms with Gasteiger partial charge in [0.15, 0.2) is 0 Å². The zero-order valence-electron chi connectivity index (χ0n) is 26.5. The lowest BCUT2D eigenvalue weighted by Crippen LogP contribution is -2.49. The summed E-state index contributed by atoms with van der Waals surface area (Å²) in [7, 11) is -2.19. The van der Waals surface area contributed by atoms with Crippen LogP contribution in [0.1, 0.15) is 61.0 Å². The monoisotopic (exact) mass is 656 g/mol. The largest absolute Gasteiger partial charge is 0.490 e. The smallest absolute Gasteiger partial charge is 0.264 e. The van der Waals surface area contributed by atoms with Crippen LogP contribution in [0.4, 0.5) is 5.69 Å². The van der Waals surface area contributed by atoms with E-state index in [2.05, 4.69) is 33.9 Å². The molecular weight excluding hydrogens is 612 g/mol. The Kier molecular flexibility index (Phi) is 9.53. The molecule has 2 bridgehead atoms. The van der Waals surface area contributed by atoms with Crippen molar-refractivity contribution in [2.75, 3.05) is 50.7 Å². The summed E-state index contributed by atoms with van der Waals surface area (Å²) in [4.78, 5) is 15.8.